The van der Waals surface area contributed by atoms with Gasteiger partial charge in [-0.05, 0) is 72.2 Å². The Hall–Kier alpha value is -3.00. The Labute approximate surface area is 216 Å². The second-order valence-corrected chi connectivity index (χ2v) is 12.0. The monoisotopic (exact) mass is 518 g/mol. The van der Waals surface area contributed by atoms with Gasteiger partial charge in [0.25, 0.3) is 0 Å². The minimum absolute atomic E-state index is 0.0108. The Morgan fingerprint density at radius 2 is 1.67 bits per heavy atom. The molecule has 2 saturated carbocycles. The number of anilines is 1. The molecule has 0 unspecified atom stereocenters. The molecule has 6 rings (SSSR count). The predicted molar refractivity (Wildman–Crippen MR) is 144 cm³/mol. The highest BCUT2D eigenvalue weighted by Crippen LogP contribution is 2.35. The van der Waals surface area contributed by atoms with Crippen LogP contribution < -0.4 is 5.32 Å². The van der Waals surface area contributed by atoms with Gasteiger partial charge in [0.05, 0.1) is 11.3 Å². The second kappa shape index (κ2) is 9.47. The maximum atomic E-state index is 13.4. The van der Waals surface area contributed by atoms with Crippen LogP contribution in [0.4, 0.5) is 5.82 Å². The highest BCUT2D eigenvalue weighted by molar-refractivity contribution is 7.88. The summed E-state index contributed by atoms with van der Waals surface area (Å²) in [5, 5.41) is 5.04. The van der Waals surface area contributed by atoms with Crippen LogP contribution in [0, 0.1) is 0 Å². The van der Waals surface area contributed by atoms with E-state index in [1.807, 2.05) is 60.7 Å². The molecule has 0 saturated heterocycles. The summed E-state index contributed by atoms with van der Waals surface area (Å²) in [6, 6.07) is 21.8. The molecule has 6 nitrogen and oxygen atoms in total. The first-order chi connectivity index (χ1) is 17.5. The lowest BCUT2D eigenvalue weighted by Gasteiger charge is -2.23. The molecule has 1 N–H and O–H groups in total. The van der Waals surface area contributed by atoms with Crippen molar-refractivity contribution in [1.82, 2.24) is 14.3 Å². The number of aromatic nitrogens is 2. The van der Waals surface area contributed by atoms with E-state index in [0.717, 1.165) is 64.7 Å². The van der Waals surface area contributed by atoms with E-state index in [-0.39, 0.29) is 18.3 Å². The van der Waals surface area contributed by atoms with Crippen LogP contribution in [0.2, 0.25) is 5.02 Å². The fraction of sp³-hybridized carbons (Fsp3) is 0.286. The number of rotatable bonds is 9. The molecule has 4 aromatic rings. The first-order valence-electron chi connectivity index (χ1n) is 12.3. The maximum Gasteiger partial charge on any atom is 0.218 e. The van der Waals surface area contributed by atoms with E-state index in [1.165, 1.54) is 0 Å². The lowest BCUT2D eigenvalue weighted by molar-refractivity contribution is 0.398. The van der Waals surface area contributed by atoms with Crippen molar-refractivity contribution in [3.8, 4) is 11.1 Å². The van der Waals surface area contributed by atoms with Crippen LogP contribution in [0.15, 0.2) is 73.1 Å². The van der Waals surface area contributed by atoms with Crippen molar-refractivity contribution in [2.75, 3.05) is 5.32 Å². The molecule has 3 aromatic carbocycles. The number of fused-ring (bicyclic) bond motifs is 1. The van der Waals surface area contributed by atoms with Crippen molar-refractivity contribution in [1.29, 1.82) is 0 Å². The Balaban J connectivity index is 1.31. The van der Waals surface area contributed by atoms with E-state index in [1.54, 1.807) is 10.6 Å². The Morgan fingerprint density at radius 1 is 0.917 bits per heavy atom. The predicted octanol–water partition coefficient (Wildman–Crippen LogP) is 6.02. The van der Waals surface area contributed by atoms with E-state index in [2.05, 4.69) is 21.4 Å². The average molecular weight is 519 g/mol. The number of nitrogens with zero attached hydrogens (tertiary/aromatic N) is 3. The van der Waals surface area contributed by atoms with Gasteiger partial charge in [-0.3, -0.25) is 0 Å². The summed E-state index contributed by atoms with van der Waals surface area (Å²) in [6.07, 6.45) is 5.68. The molecule has 0 spiro atoms. The number of nitrogens with one attached hydrogen (secondary N) is 1. The number of benzene rings is 3. The molecule has 2 fully saturated rings. The molecule has 184 valence electrons. The summed E-state index contributed by atoms with van der Waals surface area (Å²) in [4.78, 5) is 8.88. The average Bonchev–Trinajstić information content (AvgIpc) is 3.80. The zero-order valence-corrected chi connectivity index (χ0v) is 21.3. The van der Waals surface area contributed by atoms with Gasteiger partial charge in [-0.2, -0.15) is 4.31 Å². The standard InChI is InChI=1S/C28H27ClN4O2S/c29-26-12-6-20(21-7-13-27-25(15-21)28(31-18-30-27)32-23-8-9-23)14-22(26)16-33(24-10-11-24)36(34,35)17-19-4-2-1-3-5-19/h1-7,12-15,18,23-24H,8-11,16-17H2,(H,30,31,32). The molecule has 2 aliphatic rings. The third kappa shape index (κ3) is 5.09. The molecule has 0 bridgehead atoms. The zero-order chi connectivity index (χ0) is 24.7. The highest BCUT2D eigenvalue weighted by atomic mass is 35.5. The third-order valence-electron chi connectivity index (χ3n) is 6.76. The largest absolute Gasteiger partial charge is 0.367 e. The maximum absolute atomic E-state index is 13.4. The topological polar surface area (TPSA) is 75.2 Å². The molecule has 0 radical (unpaired) electrons. The van der Waals surface area contributed by atoms with E-state index >= 15 is 0 Å². The fourth-order valence-electron chi connectivity index (χ4n) is 4.50. The number of sulfonamides is 1. The molecule has 1 heterocycles. The lowest BCUT2D eigenvalue weighted by atomic mass is 10.0. The molecule has 8 heteroatoms. The molecule has 0 atom stereocenters. The SMILES string of the molecule is O=S(=O)(Cc1ccccc1)N(Cc1cc(-c2ccc3ncnc(NC4CC4)c3c2)ccc1Cl)C1CC1. The Kier molecular flexibility index (Phi) is 6.15. The summed E-state index contributed by atoms with van der Waals surface area (Å²) in [6.45, 7) is 0.262. The fourth-order valence-corrected chi connectivity index (χ4v) is 6.46. The second-order valence-electron chi connectivity index (χ2n) is 9.70. The van der Waals surface area contributed by atoms with Gasteiger partial charge in [0.15, 0.2) is 0 Å². The van der Waals surface area contributed by atoms with Gasteiger partial charge in [0.1, 0.15) is 12.1 Å². The molecule has 0 amide bonds. The van der Waals surface area contributed by atoms with Crippen molar-refractivity contribution < 1.29 is 8.42 Å². The normalized spacial score (nSPS) is 15.9. The quantitative estimate of drug-likeness (QED) is 0.293. The van der Waals surface area contributed by atoms with Crippen molar-refractivity contribution in [3.05, 3.63) is 89.2 Å². The highest BCUT2D eigenvalue weighted by Gasteiger charge is 2.37. The molecular formula is C28H27ClN4O2S. The van der Waals surface area contributed by atoms with E-state index in [0.29, 0.717) is 11.1 Å². The smallest absolute Gasteiger partial charge is 0.218 e. The molecule has 0 aliphatic heterocycles. The number of halogens is 1. The minimum atomic E-state index is -3.49. The molecule has 1 aromatic heterocycles. The van der Waals surface area contributed by atoms with Crippen LogP contribution in [0.5, 0.6) is 0 Å². The van der Waals surface area contributed by atoms with E-state index in [9.17, 15) is 8.42 Å². The first kappa shape index (κ1) is 23.4. The summed E-state index contributed by atoms with van der Waals surface area (Å²) in [7, 11) is -3.49. The van der Waals surface area contributed by atoms with Gasteiger partial charge in [-0.1, -0.05) is 54.1 Å². The Bertz CT molecular complexity index is 1520. The first-order valence-corrected chi connectivity index (χ1v) is 14.3. The van der Waals surface area contributed by atoms with Crippen LogP contribution in [0.1, 0.15) is 36.8 Å². The Morgan fingerprint density at radius 3 is 2.42 bits per heavy atom. The third-order valence-corrected chi connectivity index (χ3v) is 8.97. The van der Waals surface area contributed by atoms with Crippen LogP contribution in [0.3, 0.4) is 0 Å². The van der Waals surface area contributed by atoms with Gasteiger partial charge >= 0.3 is 0 Å². The van der Waals surface area contributed by atoms with Crippen LogP contribution in [0.25, 0.3) is 22.0 Å². The zero-order valence-electron chi connectivity index (χ0n) is 19.8. The van der Waals surface area contributed by atoms with Gasteiger partial charge in [0, 0.05) is 29.0 Å². The van der Waals surface area contributed by atoms with Crippen molar-refractivity contribution in [2.45, 2.75) is 50.1 Å². The van der Waals surface area contributed by atoms with E-state index in [4.69, 9.17) is 11.6 Å². The summed E-state index contributed by atoms with van der Waals surface area (Å²) in [5.74, 6) is 0.841. The van der Waals surface area contributed by atoms with Gasteiger partial charge < -0.3 is 5.32 Å². The molecular weight excluding hydrogens is 492 g/mol. The summed E-state index contributed by atoms with van der Waals surface area (Å²) >= 11 is 6.60. The molecule has 2 aliphatic carbocycles. The van der Waals surface area contributed by atoms with Crippen molar-refractivity contribution >= 4 is 38.3 Å². The van der Waals surface area contributed by atoms with Crippen LogP contribution in [-0.4, -0.2) is 34.8 Å². The summed E-state index contributed by atoms with van der Waals surface area (Å²) in [5.41, 5.74) is 4.47. The summed E-state index contributed by atoms with van der Waals surface area (Å²) < 4.78 is 28.4. The molecule has 36 heavy (non-hydrogen) atoms. The number of hydrogen-bond acceptors (Lipinski definition) is 5. The van der Waals surface area contributed by atoms with E-state index < -0.39 is 10.0 Å². The van der Waals surface area contributed by atoms with Crippen molar-refractivity contribution in [2.24, 2.45) is 0 Å². The van der Waals surface area contributed by atoms with Crippen molar-refractivity contribution in [3.63, 3.8) is 0 Å². The van der Waals surface area contributed by atoms with Gasteiger partial charge in [-0.15, -0.1) is 0 Å². The minimum Gasteiger partial charge on any atom is -0.367 e. The van der Waals surface area contributed by atoms with Gasteiger partial charge in [0.2, 0.25) is 10.0 Å². The lowest BCUT2D eigenvalue weighted by Crippen LogP contribution is -2.33. The van der Waals surface area contributed by atoms with Crippen LogP contribution in [-0.2, 0) is 22.3 Å². The van der Waals surface area contributed by atoms with Gasteiger partial charge in [-0.25, -0.2) is 18.4 Å². The van der Waals surface area contributed by atoms with Crippen LogP contribution >= 0.6 is 11.6 Å². The number of hydrogen-bond donors (Lipinski definition) is 1.